The molecule has 22 heavy (non-hydrogen) atoms. The molecule has 2 aromatic rings. The van der Waals surface area contributed by atoms with Crippen LogP contribution in [0.15, 0.2) is 36.4 Å². The number of amides is 1. The summed E-state index contributed by atoms with van der Waals surface area (Å²) in [6, 6.07) is 9.73. The maximum atomic E-state index is 12.8. The standard InChI is InChI=1S/C14H10ClF3N2OS/c15-11-6-5-10(22-11)12-19-9-4-2-1-3-8(9)13(21)20(12)7-14(16,17)18/h1-6,12,19H,7H2/t12-/m1/s1. The van der Waals surface area contributed by atoms with Gasteiger partial charge in [-0.15, -0.1) is 11.3 Å². The lowest BCUT2D eigenvalue weighted by Gasteiger charge is -2.37. The third kappa shape index (κ3) is 2.91. The zero-order chi connectivity index (χ0) is 15.9. The largest absolute Gasteiger partial charge is 0.406 e. The molecule has 0 saturated carbocycles. The smallest absolute Gasteiger partial charge is 0.360 e. The highest BCUT2D eigenvalue weighted by molar-refractivity contribution is 7.16. The van der Waals surface area contributed by atoms with Gasteiger partial charge in [-0.3, -0.25) is 4.79 Å². The number of carbonyl (C=O) groups excluding carboxylic acids is 1. The lowest BCUT2D eigenvalue weighted by atomic mass is 10.1. The SMILES string of the molecule is O=C1c2ccccc2N[C@@H](c2ccc(Cl)s2)N1CC(F)(F)F. The van der Waals surface area contributed by atoms with Gasteiger partial charge in [-0.2, -0.15) is 13.2 Å². The maximum Gasteiger partial charge on any atom is 0.406 e. The molecule has 1 aliphatic rings. The molecular formula is C14H10ClF3N2OS. The van der Waals surface area contributed by atoms with Crippen LogP contribution in [0.4, 0.5) is 18.9 Å². The second-order valence-corrected chi connectivity index (χ2v) is 6.53. The van der Waals surface area contributed by atoms with Crippen LogP contribution in [0.2, 0.25) is 4.34 Å². The van der Waals surface area contributed by atoms with Crippen LogP contribution in [0, 0.1) is 0 Å². The first-order chi connectivity index (χ1) is 10.3. The van der Waals surface area contributed by atoms with Crippen molar-refractivity contribution in [1.29, 1.82) is 0 Å². The fourth-order valence-corrected chi connectivity index (χ4v) is 3.47. The minimum Gasteiger partial charge on any atom is -0.360 e. The van der Waals surface area contributed by atoms with Gasteiger partial charge < -0.3 is 10.2 Å². The van der Waals surface area contributed by atoms with Crippen molar-refractivity contribution in [1.82, 2.24) is 4.90 Å². The molecular weight excluding hydrogens is 337 g/mol. The van der Waals surface area contributed by atoms with E-state index in [0.717, 1.165) is 16.2 Å². The van der Waals surface area contributed by atoms with Gasteiger partial charge >= 0.3 is 6.18 Å². The van der Waals surface area contributed by atoms with Crippen molar-refractivity contribution < 1.29 is 18.0 Å². The van der Waals surface area contributed by atoms with Gasteiger partial charge in [0.15, 0.2) is 0 Å². The minimum atomic E-state index is -4.48. The van der Waals surface area contributed by atoms with Gasteiger partial charge in [-0.1, -0.05) is 23.7 Å². The molecule has 1 amide bonds. The predicted octanol–water partition coefficient (Wildman–Crippen LogP) is 4.53. The Kier molecular flexibility index (Phi) is 3.78. The average Bonchev–Trinajstić information content (AvgIpc) is 2.87. The number of hydrogen-bond donors (Lipinski definition) is 1. The number of thiophene rings is 1. The Bertz CT molecular complexity index is 716. The summed E-state index contributed by atoms with van der Waals surface area (Å²) in [7, 11) is 0. The van der Waals surface area contributed by atoms with Crippen LogP contribution in [-0.4, -0.2) is 23.5 Å². The summed E-state index contributed by atoms with van der Waals surface area (Å²) in [6.45, 7) is -1.33. The molecule has 0 saturated heterocycles. The van der Waals surface area contributed by atoms with Gasteiger partial charge in [0.25, 0.3) is 5.91 Å². The quantitative estimate of drug-likeness (QED) is 0.866. The summed E-state index contributed by atoms with van der Waals surface area (Å²) in [4.78, 5) is 13.8. The van der Waals surface area contributed by atoms with Crippen molar-refractivity contribution in [2.45, 2.75) is 12.3 Å². The summed E-state index contributed by atoms with van der Waals surface area (Å²) in [5, 5.41) is 2.99. The number of carbonyl (C=O) groups is 1. The molecule has 1 N–H and O–H groups in total. The van der Waals surface area contributed by atoms with Crippen molar-refractivity contribution in [3.8, 4) is 0 Å². The van der Waals surface area contributed by atoms with Gasteiger partial charge in [0.2, 0.25) is 0 Å². The molecule has 3 rings (SSSR count). The molecule has 1 atom stereocenters. The van der Waals surface area contributed by atoms with Crippen LogP contribution in [-0.2, 0) is 0 Å². The number of anilines is 1. The van der Waals surface area contributed by atoms with Crippen LogP contribution >= 0.6 is 22.9 Å². The molecule has 1 aromatic heterocycles. The van der Waals surface area contributed by atoms with E-state index in [1.54, 1.807) is 30.3 Å². The van der Waals surface area contributed by atoms with Crippen molar-refractivity contribution in [2.75, 3.05) is 11.9 Å². The van der Waals surface area contributed by atoms with Crippen LogP contribution in [0.3, 0.4) is 0 Å². The second kappa shape index (κ2) is 5.48. The number of para-hydroxylation sites is 1. The lowest BCUT2D eigenvalue weighted by Crippen LogP contribution is -2.47. The molecule has 8 heteroatoms. The number of alkyl halides is 3. The molecule has 0 radical (unpaired) electrons. The van der Waals surface area contributed by atoms with E-state index < -0.39 is 24.8 Å². The van der Waals surface area contributed by atoms with Crippen LogP contribution in [0.25, 0.3) is 0 Å². The van der Waals surface area contributed by atoms with Crippen LogP contribution < -0.4 is 5.32 Å². The Morgan fingerprint density at radius 2 is 1.95 bits per heavy atom. The van der Waals surface area contributed by atoms with Gasteiger partial charge in [-0.25, -0.2) is 0 Å². The Morgan fingerprint density at radius 1 is 1.23 bits per heavy atom. The molecule has 1 aromatic carbocycles. The van der Waals surface area contributed by atoms with E-state index in [9.17, 15) is 18.0 Å². The van der Waals surface area contributed by atoms with Crippen molar-refractivity contribution >= 4 is 34.5 Å². The van der Waals surface area contributed by atoms with Crippen LogP contribution in [0.5, 0.6) is 0 Å². The number of benzene rings is 1. The highest BCUT2D eigenvalue weighted by atomic mass is 35.5. The summed E-state index contributed by atoms with van der Waals surface area (Å²) in [5.74, 6) is -0.652. The molecule has 2 heterocycles. The third-order valence-electron chi connectivity index (χ3n) is 3.24. The molecule has 1 aliphatic heterocycles. The van der Waals surface area contributed by atoms with Crippen molar-refractivity contribution in [3.05, 3.63) is 51.2 Å². The van der Waals surface area contributed by atoms with E-state index in [-0.39, 0.29) is 5.56 Å². The monoisotopic (exact) mass is 346 g/mol. The highest BCUT2D eigenvalue weighted by Crippen LogP contribution is 2.38. The fourth-order valence-electron chi connectivity index (χ4n) is 2.35. The molecule has 0 fully saturated rings. The fraction of sp³-hybridized carbons (Fsp3) is 0.214. The Hall–Kier alpha value is -1.73. The second-order valence-electron chi connectivity index (χ2n) is 4.78. The van der Waals surface area contributed by atoms with Gasteiger partial charge in [0, 0.05) is 10.6 Å². The summed E-state index contributed by atoms with van der Waals surface area (Å²) >= 11 is 7.00. The topological polar surface area (TPSA) is 32.3 Å². The van der Waals surface area contributed by atoms with E-state index in [0.29, 0.717) is 14.9 Å². The first kappa shape index (κ1) is 15.2. The summed E-state index contributed by atoms with van der Waals surface area (Å²) in [6.07, 6.45) is -5.37. The normalized spacial score (nSPS) is 18.1. The van der Waals surface area contributed by atoms with E-state index >= 15 is 0 Å². The number of hydrogen-bond acceptors (Lipinski definition) is 3. The van der Waals surface area contributed by atoms with Gasteiger partial charge in [0.05, 0.1) is 9.90 Å². The summed E-state index contributed by atoms with van der Waals surface area (Å²) in [5.41, 5.74) is 0.742. The van der Waals surface area contributed by atoms with Gasteiger partial charge in [0.1, 0.15) is 12.7 Å². The zero-order valence-electron chi connectivity index (χ0n) is 11.0. The Balaban J connectivity index is 2.04. The van der Waals surface area contributed by atoms with E-state index in [4.69, 9.17) is 11.6 Å². The molecule has 3 nitrogen and oxygen atoms in total. The third-order valence-corrected chi connectivity index (χ3v) is 4.52. The number of nitrogens with one attached hydrogen (secondary N) is 1. The van der Waals surface area contributed by atoms with Crippen LogP contribution in [0.1, 0.15) is 21.4 Å². The number of halogens is 4. The first-order valence-electron chi connectivity index (χ1n) is 6.34. The molecule has 0 aliphatic carbocycles. The number of nitrogens with zero attached hydrogens (tertiary/aromatic N) is 1. The predicted molar refractivity (Wildman–Crippen MR) is 79.2 cm³/mol. The highest BCUT2D eigenvalue weighted by Gasteiger charge is 2.41. The zero-order valence-corrected chi connectivity index (χ0v) is 12.6. The molecule has 0 bridgehead atoms. The first-order valence-corrected chi connectivity index (χ1v) is 7.53. The van der Waals surface area contributed by atoms with E-state index in [1.807, 2.05) is 0 Å². The Labute approximate surface area is 133 Å². The molecule has 116 valence electrons. The molecule has 0 unspecified atom stereocenters. The van der Waals surface area contributed by atoms with Crippen molar-refractivity contribution in [3.63, 3.8) is 0 Å². The van der Waals surface area contributed by atoms with E-state index in [2.05, 4.69) is 5.32 Å². The van der Waals surface area contributed by atoms with E-state index in [1.165, 1.54) is 6.07 Å². The molecule has 0 spiro atoms. The average molecular weight is 347 g/mol. The minimum absolute atomic E-state index is 0.227. The number of rotatable bonds is 2. The lowest BCUT2D eigenvalue weighted by molar-refractivity contribution is -0.144. The maximum absolute atomic E-state index is 12.8. The summed E-state index contributed by atoms with van der Waals surface area (Å²) < 4.78 is 39.0. The Morgan fingerprint density at radius 3 is 2.59 bits per heavy atom. The van der Waals surface area contributed by atoms with Gasteiger partial charge in [-0.05, 0) is 24.3 Å². The number of fused-ring (bicyclic) bond motifs is 1. The van der Waals surface area contributed by atoms with Crippen molar-refractivity contribution in [2.24, 2.45) is 0 Å².